The fraction of sp³-hybridized carbons (Fsp3) is 0.222. The molecule has 1 aliphatic heterocycles. The summed E-state index contributed by atoms with van der Waals surface area (Å²) in [5.74, 6) is -0.840. The molecule has 1 heterocycles. The van der Waals surface area contributed by atoms with Gasteiger partial charge in [0.1, 0.15) is 5.82 Å². The molecule has 0 aromatic heterocycles. The van der Waals surface area contributed by atoms with Gasteiger partial charge in [-0.1, -0.05) is 24.3 Å². The number of benzene rings is 2. The third-order valence-corrected chi connectivity index (χ3v) is 4.06. The van der Waals surface area contributed by atoms with Gasteiger partial charge < -0.3 is 5.32 Å². The van der Waals surface area contributed by atoms with Crippen molar-refractivity contribution in [2.45, 2.75) is 12.5 Å². The highest BCUT2D eigenvalue weighted by atomic mass is 19.1. The third-order valence-electron chi connectivity index (χ3n) is 4.06. The van der Waals surface area contributed by atoms with Gasteiger partial charge in [-0.2, -0.15) is 0 Å². The lowest BCUT2D eigenvalue weighted by atomic mass is 10.1. The Hall–Kier alpha value is -2.53. The number of amides is 2. The van der Waals surface area contributed by atoms with E-state index in [2.05, 4.69) is 5.32 Å². The molecule has 0 saturated carbocycles. The molecule has 1 atom stereocenters. The first-order chi connectivity index (χ1) is 11.1. The van der Waals surface area contributed by atoms with Crippen LogP contribution in [0.5, 0.6) is 0 Å². The zero-order valence-corrected chi connectivity index (χ0v) is 12.8. The van der Waals surface area contributed by atoms with Crippen molar-refractivity contribution in [3.63, 3.8) is 0 Å². The monoisotopic (exact) mass is 312 g/mol. The molecular formula is C18H17FN2O2. The lowest BCUT2D eigenvalue weighted by Gasteiger charge is -2.22. The Morgan fingerprint density at radius 3 is 2.26 bits per heavy atom. The summed E-state index contributed by atoms with van der Waals surface area (Å²) in [4.78, 5) is 26.0. The Labute approximate surface area is 133 Å². The summed E-state index contributed by atoms with van der Waals surface area (Å²) in [7, 11) is 1.77. The highest BCUT2D eigenvalue weighted by Gasteiger charge is 2.36. The molecule has 23 heavy (non-hydrogen) atoms. The average molecular weight is 312 g/mol. The summed E-state index contributed by atoms with van der Waals surface area (Å²) in [6.45, 7) is 0.249. The molecule has 2 aromatic carbocycles. The fourth-order valence-electron chi connectivity index (χ4n) is 2.83. The predicted octanol–water partition coefficient (Wildman–Crippen LogP) is 2.25. The Morgan fingerprint density at radius 1 is 1.04 bits per heavy atom. The molecule has 4 nitrogen and oxygen atoms in total. The number of likely N-dealkylation sites (N-methyl/N-ethyl adjacent to an activating group) is 1. The first-order valence-electron chi connectivity index (χ1n) is 7.47. The predicted molar refractivity (Wildman–Crippen MR) is 84.8 cm³/mol. The van der Waals surface area contributed by atoms with Crippen LogP contribution in [-0.2, 0) is 6.42 Å². The van der Waals surface area contributed by atoms with E-state index < -0.39 is 0 Å². The fourth-order valence-corrected chi connectivity index (χ4v) is 2.83. The third kappa shape index (κ3) is 3.00. The molecular weight excluding hydrogens is 295 g/mol. The van der Waals surface area contributed by atoms with Crippen molar-refractivity contribution < 1.29 is 14.0 Å². The van der Waals surface area contributed by atoms with E-state index in [1.807, 2.05) is 6.07 Å². The molecule has 5 heteroatoms. The van der Waals surface area contributed by atoms with Crippen LogP contribution in [0, 0.1) is 5.82 Å². The normalized spacial score (nSPS) is 15.0. The van der Waals surface area contributed by atoms with Crippen LogP contribution >= 0.6 is 0 Å². The molecule has 0 aliphatic carbocycles. The van der Waals surface area contributed by atoms with E-state index in [9.17, 15) is 14.0 Å². The van der Waals surface area contributed by atoms with E-state index in [0.717, 1.165) is 5.56 Å². The van der Waals surface area contributed by atoms with Gasteiger partial charge in [0.05, 0.1) is 11.1 Å². The van der Waals surface area contributed by atoms with Crippen LogP contribution in [0.25, 0.3) is 0 Å². The number of nitrogens with zero attached hydrogens (tertiary/aromatic N) is 1. The molecule has 2 amide bonds. The Balaban J connectivity index is 1.75. The molecule has 1 aliphatic rings. The van der Waals surface area contributed by atoms with Crippen molar-refractivity contribution in [1.82, 2.24) is 10.2 Å². The second-order valence-electron chi connectivity index (χ2n) is 5.59. The highest BCUT2D eigenvalue weighted by molar-refractivity contribution is 6.21. The molecule has 0 radical (unpaired) electrons. The smallest absolute Gasteiger partial charge is 0.261 e. The van der Waals surface area contributed by atoms with E-state index in [0.29, 0.717) is 17.5 Å². The van der Waals surface area contributed by atoms with E-state index >= 15 is 0 Å². The Kier molecular flexibility index (Phi) is 4.21. The van der Waals surface area contributed by atoms with Gasteiger partial charge >= 0.3 is 0 Å². The Morgan fingerprint density at radius 2 is 1.70 bits per heavy atom. The van der Waals surface area contributed by atoms with Crippen molar-refractivity contribution in [1.29, 1.82) is 0 Å². The summed E-state index contributed by atoms with van der Waals surface area (Å²) < 4.78 is 13.3. The van der Waals surface area contributed by atoms with Gasteiger partial charge in [-0.3, -0.25) is 14.5 Å². The summed E-state index contributed by atoms with van der Waals surface area (Å²) in [5, 5.41) is 3.10. The summed E-state index contributed by atoms with van der Waals surface area (Å²) >= 11 is 0. The first-order valence-corrected chi connectivity index (χ1v) is 7.47. The summed E-state index contributed by atoms with van der Waals surface area (Å²) in [6, 6.07) is 13.0. The highest BCUT2D eigenvalue weighted by Crippen LogP contribution is 2.22. The van der Waals surface area contributed by atoms with E-state index in [1.54, 1.807) is 37.4 Å². The number of carbonyl (C=O) groups excluding carboxylic acids is 2. The minimum absolute atomic E-state index is 0.140. The minimum atomic E-state index is -0.293. The van der Waals surface area contributed by atoms with Crippen molar-refractivity contribution >= 4 is 11.8 Å². The Bertz CT molecular complexity index is 725. The number of carbonyl (C=O) groups is 2. The molecule has 2 aromatic rings. The van der Waals surface area contributed by atoms with E-state index in [-0.39, 0.29) is 30.2 Å². The second-order valence-corrected chi connectivity index (χ2v) is 5.59. The molecule has 1 N–H and O–H groups in total. The van der Waals surface area contributed by atoms with Gasteiger partial charge in [0, 0.05) is 12.6 Å². The van der Waals surface area contributed by atoms with Crippen LogP contribution < -0.4 is 5.32 Å². The molecule has 0 saturated heterocycles. The maximum atomic E-state index is 13.3. The number of rotatable bonds is 5. The molecule has 0 fully saturated rings. The maximum Gasteiger partial charge on any atom is 0.261 e. The quantitative estimate of drug-likeness (QED) is 0.862. The van der Waals surface area contributed by atoms with Gasteiger partial charge in [-0.25, -0.2) is 4.39 Å². The zero-order valence-electron chi connectivity index (χ0n) is 12.8. The lowest BCUT2D eigenvalue weighted by Crippen LogP contribution is -2.43. The lowest BCUT2D eigenvalue weighted by molar-refractivity contribution is 0.0639. The van der Waals surface area contributed by atoms with Crippen molar-refractivity contribution in [2.75, 3.05) is 13.6 Å². The molecule has 0 bridgehead atoms. The number of nitrogens with one attached hydrogen (secondary N) is 1. The van der Waals surface area contributed by atoms with Gasteiger partial charge in [-0.15, -0.1) is 0 Å². The van der Waals surface area contributed by atoms with Crippen LogP contribution in [0.15, 0.2) is 48.5 Å². The van der Waals surface area contributed by atoms with Crippen LogP contribution in [0.3, 0.4) is 0 Å². The topological polar surface area (TPSA) is 49.4 Å². The van der Waals surface area contributed by atoms with Crippen molar-refractivity contribution in [3.8, 4) is 0 Å². The number of hydrogen-bond donors (Lipinski definition) is 1. The van der Waals surface area contributed by atoms with E-state index in [1.165, 1.54) is 17.0 Å². The van der Waals surface area contributed by atoms with Gasteiger partial charge in [0.2, 0.25) is 0 Å². The van der Waals surface area contributed by atoms with Crippen LogP contribution in [0.1, 0.15) is 26.3 Å². The zero-order chi connectivity index (χ0) is 16.4. The molecule has 118 valence electrons. The molecule has 3 rings (SSSR count). The summed E-state index contributed by atoms with van der Waals surface area (Å²) in [6.07, 6.45) is 0.529. The summed E-state index contributed by atoms with van der Waals surface area (Å²) in [5.41, 5.74) is 1.71. The van der Waals surface area contributed by atoms with Crippen LogP contribution in [0.4, 0.5) is 4.39 Å². The molecule has 1 unspecified atom stereocenters. The largest absolute Gasteiger partial charge is 0.315 e. The maximum absolute atomic E-state index is 13.3. The van der Waals surface area contributed by atoms with Gasteiger partial charge in [-0.05, 0) is 43.3 Å². The SMILES string of the molecule is CNC(Cc1cccc(F)c1)CN1C(=O)c2ccccc2C1=O. The van der Waals surface area contributed by atoms with Crippen molar-refractivity contribution in [2.24, 2.45) is 0 Å². The van der Waals surface area contributed by atoms with Crippen LogP contribution in [0.2, 0.25) is 0 Å². The van der Waals surface area contributed by atoms with Gasteiger partial charge in [0.25, 0.3) is 11.8 Å². The average Bonchev–Trinajstić information content (AvgIpc) is 2.79. The first kappa shape index (κ1) is 15.4. The minimum Gasteiger partial charge on any atom is -0.315 e. The number of imide groups is 1. The standard InChI is InChI=1S/C18H17FN2O2/c1-20-14(10-12-5-4-6-13(19)9-12)11-21-17(22)15-7-2-3-8-16(15)18(21)23/h2-9,14,20H,10-11H2,1H3. The van der Waals surface area contributed by atoms with Crippen LogP contribution in [-0.4, -0.2) is 36.3 Å². The number of halogens is 1. The molecule has 0 spiro atoms. The van der Waals surface area contributed by atoms with Crippen molar-refractivity contribution in [3.05, 3.63) is 71.0 Å². The van der Waals surface area contributed by atoms with Gasteiger partial charge in [0.15, 0.2) is 0 Å². The second kappa shape index (κ2) is 6.30. The number of hydrogen-bond acceptors (Lipinski definition) is 3. The number of fused-ring (bicyclic) bond motifs is 1. The van der Waals surface area contributed by atoms with E-state index in [4.69, 9.17) is 0 Å².